The van der Waals surface area contributed by atoms with E-state index in [0.29, 0.717) is 25.2 Å². The minimum Gasteiger partial charge on any atom is -0.382 e. The quantitative estimate of drug-likeness (QED) is 0.906. The standard InChI is InChI=1S/C15H15FN4O2/c16-12-4-2-11(3-5-12)13-10-14(22-19-13)15(21)17-7-9-20-8-1-6-18-20/h1-6,8,14H,7,9-10H2,(H,17,21). The molecule has 1 aromatic carbocycles. The molecule has 114 valence electrons. The van der Waals surface area contributed by atoms with Crippen LogP contribution in [0.1, 0.15) is 12.0 Å². The van der Waals surface area contributed by atoms with Crippen molar-refractivity contribution in [1.82, 2.24) is 15.1 Å². The average molecular weight is 302 g/mol. The van der Waals surface area contributed by atoms with Crippen molar-refractivity contribution in [3.05, 3.63) is 54.1 Å². The van der Waals surface area contributed by atoms with Crippen molar-refractivity contribution < 1.29 is 14.0 Å². The van der Waals surface area contributed by atoms with Crippen LogP contribution in [0.3, 0.4) is 0 Å². The van der Waals surface area contributed by atoms with E-state index in [4.69, 9.17) is 4.84 Å². The van der Waals surface area contributed by atoms with Crippen LogP contribution in [0.4, 0.5) is 4.39 Å². The smallest absolute Gasteiger partial charge is 0.264 e. The Morgan fingerprint density at radius 2 is 2.23 bits per heavy atom. The number of oxime groups is 1. The Labute approximate surface area is 126 Å². The number of nitrogens with zero attached hydrogens (tertiary/aromatic N) is 3. The van der Waals surface area contributed by atoms with Gasteiger partial charge in [0.1, 0.15) is 5.82 Å². The lowest BCUT2D eigenvalue weighted by molar-refractivity contribution is -0.131. The van der Waals surface area contributed by atoms with Gasteiger partial charge < -0.3 is 10.2 Å². The molecule has 0 bridgehead atoms. The Bertz CT molecular complexity index is 667. The highest BCUT2D eigenvalue weighted by atomic mass is 19.1. The molecule has 0 spiro atoms. The van der Waals surface area contributed by atoms with Gasteiger partial charge in [-0.2, -0.15) is 5.10 Å². The van der Waals surface area contributed by atoms with E-state index in [0.717, 1.165) is 5.56 Å². The summed E-state index contributed by atoms with van der Waals surface area (Å²) in [5, 5.41) is 10.7. The van der Waals surface area contributed by atoms with E-state index >= 15 is 0 Å². The number of hydrogen-bond donors (Lipinski definition) is 1. The largest absolute Gasteiger partial charge is 0.382 e. The van der Waals surface area contributed by atoms with Gasteiger partial charge in [-0.25, -0.2) is 4.39 Å². The normalized spacial score (nSPS) is 17.0. The molecule has 0 radical (unpaired) electrons. The van der Waals surface area contributed by atoms with Crippen LogP contribution in [-0.4, -0.2) is 34.0 Å². The van der Waals surface area contributed by atoms with Crippen LogP contribution in [0.15, 0.2) is 47.9 Å². The molecule has 0 saturated carbocycles. The molecule has 1 aliphatic rings. The van der Waals surface area contributed by atoms with Gasteiger partial charge in [0.05, 0.1) is 12.3 Å². The Morgan fingerprint density at radius 3 is 2.95 bits per heavy atom. The molecule has 1 unspecified atom stereocenters. The average Bonchev–Trinajstić information content (AvgIpc) is 3.19. The summed E-state index contributed by atoms with van der Waals surface area (Å²) in [6.45, 7) is 1.06. The van der Waals surface area contributed by atoms with E-state index in [2.05, 4.69) is 15.6 Å². The Balaban J connectivity index is 1.48. The summed E-state index contributed by atoms with van der Waals surface area (Å²) in [5.41, 5.74) is 1.40. The second-order valence-corrected chi connectivity index (χ2v) is 4.90. The third kappa shape index (κ3) is 3.30. The number of nitrogens with one attached hydrogen (secondary N) is 1. The van der Waals surface area contributed by atoms with Crippen molar-refractivity contribution in [3.8, 4) is 0 Å². The highest BCUT2D eigenvalue weighted by Gasteiger charge is 2.28. The number of carbonyl (C=O) groups excluding carboxylic acids is 1. The maximum Gasteiger partial charge on any atom is 0.264 e. The second-order valence-electron chi connectivity index (χ2n) is 4.90. The molecule has 0 saturated heterocycles. The van der Waals surface area contributed by atoms with Gasteiger partial charge in [-0.15, -0.1) is 0 Å². The summed E-state index contributed by atoms with van der Waals surface area (Å²) in [6, 6.07) is 7.78. The van der Waals surface area contributed by atoms with Crippen molar-refractivity contribution in [3.63, 3.8) is 0 Å². The maximum atomic E-state index is 12.9. The van der Waals surface area contributed by atoms with Crippen molar-refractivity contribution in [1.29, 1.82) is 0 Å². The SMILES string of the molecule is O=C(NCCn1cccn1)C1CC(c2ccc(F)cc2)=NO1. The molecule has 0 aliphatic carbocycles. The van der Waals surface area contributed by atoms with Crippen LogP contribution in [0.25, 0.3) is 0 Å². The third-order valence-electron chi connectivity index (χ3n) is 3.34. The third-order valence-corrected chi connectivity index (χ3v) is 3.34. The summed E-state index contributed by atoms with van der Waals surface area (Å²) in [4.78, 5) is 17.2. The zero-order chi connectivity index (χ0) is 15.4. The number of carbonyl (C=O) groups is 1. The van der Waals surface area contributed by atoms with Gasteiger partial charge in [-0.05, 0) is 23.8 Å². The molecule has 2 heterocycles. The van der Waals surface area contributed by atoms with Crippen molar-refractivity contribution in [2.75, 3.05) is 6.54 Å². The lowest BCUT2D eigenvalue weighted by atomic mass is 10.0. The van der Waals surface area contributed by atoms with E-state index in [-0.39, 0.29) is 11.7 Å². The summed E-state index contributed by atoms with van der Waals surface area (Å²) in [5.74, 6) is -0.524. The first-order valence-electron chi connectivity index (χ1n) is 6.96. The molecule has 1 atom stereocenters. The summed E-state index contributed by atoms with van der Waals surface area (Å²) < 4.78 is 14.6. The van der Waals surface area contributed by atoms with E-state index in [9.17, 15) is 9.18 Å². The van der Waals surface area contributed by atoms with Gasteiger partial charge in [-0.3, -0.25) is 9.48 Å². The van der Waals surface area contributed by atoms with Crippen LogP contribution in [-0.2, 0) is 16.2 Å². The molecule has 3 rings (SSSR count). The molecule has 1 amide bonds. The van der Waals surface area contributed by atoms with E-state index in [1.54, 1.807) is 23.0 Å². The van der Waals surface area contributed by atoms with E-state index in [1.807, 2.05) is 12.3 Å². The first-order valence-corrected chi connectivity index (χ1v) is 6.96. The summed E-state index contributed by atoms with van der Waals surface area (Å²) in [6.07, 6.45) is 3.25. The van der Waals surface area contributed by atoms with Gasteiger partial charge in [0.15, 0.2) is 0 Å². The Morgan fingerprint density at radius 1 is 1.41 bits per heavy atom. The molecule has 1 aromatic heterocycles. The second kappa shape index (κ2) is 6.38. The molecular weight excluding hydrogens is 287 g/mol. The van der Waals surface area contributed by atoms with E-state index in [1.165, 1.54) is 12.1 Å². The minimum absolute atomic E-state index is 0.215. The Kier molecular flexibility index (Phi) is 4.13. The highest BCUT2D eigenvalue weighted by molar-refractivity contribution is 6.04. The molecule has 0 fully saturated rings. The molecule has 1 N–H and O–H groups in total. The van der Waals surface area contributed by atoms with Crippen molar-refractivity contribution in [2.45, 2.75) is 19.1 Å². The monoisotopic (exact) mass is 302 g/mol. The fourth-order valence-corrected chi connectivity index (χ4v) is 2.17. The number of benzene rings is 1. The number of rotatable bonds is 5. The molecule has 2 aromatic rings. The molecule has 22 heavy (non-hydrogen) atoms. The zero-order valence-corrected chi connectivity index (χ0v) is 11.8. The predicted molar refractivity (Wildman–Crippen MR) is 77.7 cm³/mol. The lowest BCUT2D eigenvalue weighted by Crippen LogP contribution is -2.36. The molecule has 1 aliphatic heterocycles. The van der Waals surface area contributed by atoms with E-state index < -0.39 is 6.10 Å². The first kappa shape index (κ1) is 14.2. The summed E-state index contributed by atoms with van der Waals surface area (Å²) >= 11 is 0. The van der Waals surface area contributed by atoms with Crippen LogP contribution >= 0.6 is 0 Å². The van der Waals surface area contributed by atoms with Crippen molar-refractivity contribution in [2.24, 2.45) is 5.16 Å². The first-order chi connectivity index (χ1) is 10.7. The predicted octanol–water partition coefficient (Wildman–Crippen LogP) is 1.33. The van der Waals surface area contributed by atoms with Gasteiger partial charge in [0.2, 0.25) is 6.10 Å². The Hall–Kier alpha value is -2.70. The number of hydrogen-bond acceptors (Lipinski definition) is 4. The zero-order valence-electron chi connectivity index (χ0n) is 11.8. The minimum atomic E-state index is -0.641. The fourth-order valence-electron chi connectivity index (χ4n) is 2.17. The van der Waals surface area contributed by atoms with Gasteiger partial charge in [0.25, 0.3) is 5.91 Å². The van der Waals surface area contributed by atoms with Crippen molar-refractivity contribution >= 4 is 11.6 Å². The molecule has 6 nitrogen and oxygen atoms in total. The van der Waals surface area contributed by atoms with Crippen LogP contribution < -0.4 is 5.32 Å². The number of amides is 1. The highest BCUT2D eigenvalue weighted by Crippen LogP contribution is 2.17. The van der Waals surface area contributed by atoms with Gasteiger partial charge >= 0.3 is 0 Å². The molecule has 7 heteroatoms. The van der Waals surface area contributed by atoms with Crippen LogP contribution in [0.2, 0.25) is 0 Å². The number of halogens is 1. The maximum absolute atomic E-state index is 12.9. The van der Waals surface area contributed by atoms with Crippen LogP contribution in [0.5, 0.6) is 0 Å². The fraction of sp³-hybridized carbons (Fsp3) is 0.267. The molecular formula is C15H15FN4O2. The summed E-state index contributed by atoms with van der Waals surface area (Å²) in [7, 11) is 0. The lowest BCUT2D eigenvalue weighted by Gasteiger charge is -2.09. The van der Waals surface area contributed by atoms with Gasteiger partial charge in [-0.1, -0.05) is 17.3 Å². The van der Waals surface area contributed by atoms with Crippen LogP contribution in [0, 0.1) is 5.82 Å². The van der Waals surface area contributed by atoms with Gasteiger partial charge in [0, 0.05) is 25.4 Å². The number of aromatic nitrogens is 2. The topological polar surface area (TPSA) is 68.5 Å².